The molecule has 1 fully saturated rings. The number of nitro benzene ring substituents is 1. The van der Waals surface area contributed by atoms with Gasteiger partial charge in [0.05, 0.1) is 4.92 Å². The highest BCUT2D eigenvalue weighted by molar-refractivity contribution is 5.86. The van der Waals surface area contributed by atoms with Gasteiger partial charge < -0.3 is 4.90 Å². The van der Waals surface area contributed by atoms with E-state index in [2.05, 4.69) is 23.8 Å². The minimum Gasteiger partial charge on any atom is -0.368 e. The number of nitrogens with zero attached hydrogens (tertiary/aromatic N) is 3. The molecule has 1 heterocycles. The summed E-state index contributed by atoms with van der Waals surface area (Å²) in [6.45, 7) is 4.73. The SMILES string of the molecule is CCC1CN(c2ccc([N+](=O)[O-])cc2C=O)CCN1C. The van der Waals surface area contributed by atoms with Crippen LogP contribution in [-0.2, 0) is 0 Å². The zero-order valence-electron chi connectivity index (χ0n) is 11.8. The van der Waals surface area contributed by atoms with Gasteiger partial charge in [0.1, 0.15) is 0 Å². The molecule has 6 nitrogen and oxygen atoms in total. The van der Waals surface area contributed by atoms with Crippen molar-refractivity contribution < 1.29 is 9.72 Å². The van der Waals surface area contributed by atoms with Gasteiger partial charge in [0.2, 0.25) is 0 Å². The summed E-state index contributed by atoms with van der Waals surface area (Å²) in [5.74, 6) is 0. The van der Waals surface area contributed by atoms with Crippen molar-refractivity contribution in [3.05, 3.63) is 33.9 Å². The maximum Gasteiger partial charge on any atom is 0.270 e. The Balaban J connectivity index is 2.28. The minimum atomic E-state index is -0.477. The molecule has 2 rings (SSSR count). The molecule has 0 aliphatic carbocycles. The monoisotopic (exact) mass is 277 g/mol. The molecule has 1 aliphatic rings. The Morgan fingerprint density at radius 1 is 1.45 bits per heavy atom. The summed E-state index contributed by atoms with van der Waals surface area (Å²) in [5, 5.41) is 10.8. The lowest BCUT2D eigenvalue weighted by molar-refractivity contribution is -0.384. The lowest BCUT2D eigenvalue weighted by Gasteiger charge is -2.40. The van der Waals surface area contributed by atoms with Crippen molar-refractivity contribution in [1.29, 1.82) is 0 Å². The van der Waals surface area contributed by atoms with E-state index < -0.39 is 4.92 Å². The molecule has 1 unspecified atom stereocenters. The molecule has 0 N–H and O–H groups in total. The summed E-state index contributed by atoms with van der Waals surface area (Å²) in [7, 11) is 2.10. The van der Waals surface area contributed by atoms with Crippen LogP contribution in [0.2, 0.25) is 0 Å². The van der Waals surface area contributed by atoms with Gasteiger partial charge in [0.15, 0.2) is 6.29 Å². The van der Waals surface area contributed by atoms with Gasteiger partial charge >= 0.3 is 0 Å². The Morgan fingerprint density at radius 2 is 2.20 bits per heavy atom. The van der Waals surface area contributed by atoms with E-state index in [4.69, 9.17) is 0 Å². The molecule has 0 bridgehead atoms. The zero-order chi connectivity index (χ0) is 14.7. The fourth-order valence-corrected chi connectivity index (χ4v) is 2.64. The summed E-state index contributed by atoms with van der Waals surface area (Å²) in [5.41, 5.74) is 1.13. The van der Waals surface area contributed by atoms with Crippen LogP contribution in [0.3, 0.4) is 0 Å². The normalized spacial score (nSPS) is 19.9. The first-order valence-corrected chi connectivity index (χ1v) is 6.75. The van der Waals surface area contributed by atoms with Crippen LogP contribution in [0.25, 0.3) is 0 Å². The number of benzene rings is 1. The summed E-state index contributed by atoms with van der Waals surface area (Å²) in [4.78, 5) is 25.9. The van der Waals surface area contributed by atoms with Crippen molar-refractivity contribution in [3.8, 4) is 0 Å². The number of non-ortho nitro benzene ring substituents is 1. The second-order valence-electron chi connectivity index (χ2n) is 5.11. The third-order valence-corrected chi connectivity index (χ3v) is 3.94. The van der Waals surface area contributed by atoms with Crippen molar-refractivity contribution in [2.24, 2.45) is 0 Å². The highest BCUT2D eigenvalue weighted by Gasteiger charge is 2.25. The number of likely N-dealkylation sites (N-methyl/N-ethyl adjacent to an activating group) is 1. The number of hydrogen-bond acceptors (Lipinski definition) is 5. The molecule has 0 aromatic heterocycles. The average molecular weight is 277 g/mol. The van der Waals surface area contributed by atoms with Crippen LogP contribution < -0.4 is 4.90 Å². The number of aldehydes is 1. The standard InChI is InChI=1S/C14H19N3O3/c1-3-12-9-16(7-6-15(12)2)14-5-4-13(17(19)20)8-11(14)10-18/h4-5,8,10,12H,3,6-7,9H2,1-2H3. The van der Waals surface area contributed by atoms with Crippen LogP contribution in [0.1, 0.15) is 23.7 Å². The second kappa shape index (κ2) is 6.00. The largest absolute Gasteiger partial charge is 0.368 e. The Hall–Kier alpha value is -1.95. The van der Waals surface area contributed by atoms with Crippen molar-refractivity contribution in [3.63, 3.8) is 0 Å². The molecular weight excluding hydrogens is 258 g/mol. The van der Waals surface area contributed by atoms with E-state index in [9.17, 15) is 14.9 Å². The lowest BCUT2D eigenvalue weighted by Crippen LogP contribution is -2.51. The third-order valence-electron chi connectivity index (χ3n) is 3.94. The molecule has 1 atom stereocenters. The second-order valence-corrected chi connectivity index (χ2v) is 5.11. The van der Waals surface area contributed by atoms with Gasteiger partial charge in [-0.1, -0.05) is 6.92 Å². The Bertz CT molecular complexity index is 518. The first-order valence-electron chi connectivity index (χ1n) is 6.75. The number of carbonyl (C=O) groups is 1. The van der Waals surface area contributed by atoms with E-state index in [0.717, 1.165) is 31.7 Å². The number of anilines is 1. The number of piperazine rings is 1. The minimum absolute atomic E-state index is 0.0444. The third kappa shape index (κ3) is 2.80. The van der Waals surface area contributed by atoms with Crippen LogP contribution in [0.15, 0.2) is 18.2 Å². The summed E-state index contributed by atoms with van der Waals surface area (Å²) in [6.07, 6.45) is 1.73. The number of rotatable bonds is 4. The Labute approximate surface area is 118 Å². The number of hydrogen-bond donors (Lipinski definition) is 0. The van der Waals surface area contributed by atoms with Crippen molar-refractivity contribution in [2.45, 2.75) is 19.4 Å². The fraction of sp³-hybridized carbons (Fsp3) is 0.500. The van der Waals surface area contributed by atoms with Crippen LogP contribution in [0.4, 0.5) is 11.4 Å². The Morgan fingerprint density at radius 3 is 2.80 bits per heavy atom. The van der Waals surface area contributed by atoms with E-state index in [1.165, 1.54) is 12.1 Å². The van der Waals surface area contributed by atoms with Crippen LogP contribution in [0, 0.1) is 10.1 Å². The van der Waals surface area contributed by atoms with E-state index in [-0.39, 0.29) is 5.69 Å². The topological polar surface area (TPSA) is 66.7 Å². The molecule has 1 aliphatic heterocycles. The average Bonchev–Trinajstić information content (AvgIpc) is 2.47. The van der Waals surface area contributed by atoms with Crippen molar-refractivity contribution in [2.75, 3.05) is 31.6 Å². The van der Waals surface area contributed by atoms with E-state index in [1.807, 2.05) is 0 Å². The molecule has 0 spiro atoms. The van der Waals surface area contributed by atoms with E-state index in [0.29, 0.717) is 17.9 Å². The fourth-order valence-electron chi connectivity index (χ4n) is 2.64. The van der Waals surface area contributed by atoms with Gasteiger partial charge in [0, 0.05) is 49.1 Å². The Kier molecular flexibility index (Phi) is 4.34. The molecule has 108 valence electrons. The predicted molar refractivity (Wildman–Crippen MR) is 77.4 cm³/mol. The van der Waals surface area contributed by atoms with Crippen LogP contribution >= 0.6 is 0 Å². The number of nitro groups is 1. The van der Waals surface area contributed by atoms with Gasteiger partial charge in [-0.05, 0) is 19.5 Å². The quantitative estimate of drug-likeness (QED) is 0.478. The van der Waals surface area contributed by atoms with Crippen molar-refractivity contribution in [1.82, 2.24) is 4.90 Å². The van der Waals surface area contributed by atoms with Gasteiger partial charge in [-0.25, -0.2) is 0 Å². The maximum atomic E-state index is 11.2. The van der Waals surface area contributed by atoms with Gasteiger partial charge in [-0.15, -0.1) is 0 Å². The number of carbonyl (C=O) groups excluding carboxylic acids is 1. The molecule has 0 radical (unpaired) electrons. The van der Waals surface area contributed by atoms with E-state index >= 15 is 0 Å². The molecular formula is C14H19N3O3. The smallest absolute Gasteiger partial charge is 0.270 e. The maximum absolute atomic E-state index is 11.2. The van der Waals surface area contributed by atoms with Gasteiger partial charge in [-0.2, -0.15) is 0 Å². The summed E-state index contributed by atoms with van der Waals surface area (Å²) in [6, 6.07) is 4.93. The molecule has 20 heavy (non-hydrogen) atoms. The first-order chi connectivity index (χ1) is 9.56. The molecule has 6 heteroatoms. The van der Waals surface area contributed by atoms with Crippen molar-refractivity contribution >= 4 is 17.7 Å². The van der Waals surface area contributed by atoms with E-state index in [1.54, 1.807) is 6.07 Å². The first kappa shape index (κ1) is 14.5. The highest BCUT2D eigenvalue weighted by Crippen LogP contribution is 2.26. The zero-order valence-corrected chi connectivity index (χ0v) is 11.8. The summed E-state index contributed by atoms with van der Waals surface area (Å²) < 4.78 is 0. The van der Waals surface area contributed by atoms with Crippen LogP contribution in [-0.4, -0.2) is 48.8 Å². The molecule has 0 saturated carbocycles. The lowest BCUT2D eigenvalue weighted by atomic mass is 10.1. The molecule has 1 aromatic rings. The molecule has 1 aromatic carbocycles. The predicted octanol–water partition coefficient (Wildman–Crippen LogP) is 1.94. The van der Waals surface area contributed by atoms with Gasteiger partial charge in [0.25, 0.3) is 5.69 Å². The highest BCUT2D eigenvalue weighted by atomic mass is 16.6. The molecule has 1 saturated heterocycles. The van der Waals surface area contributed by atoms with Gasteiger partial charge in [-0.3, -0.25) is 19.8 Å². The molecule has 0 amide bonds. The van der Waals surface area contributed by atoms with Crippen LogP contribution in [0.5, 0.6) is 0 Å². The summed E-state index contributed by atoms with van der Waals surface area (Å²) >= 11 is 0.